The molecule has 3 heterocycles. The Balaban J connectivity index is 1.92. The van der Waals surface area contributed by atoms with Gasteiger partial charge in [0, 0.05) is 0 Å². The van der Waals surface area contributed by atoms with Crippen molar-refractivity contribution in [3.05, 3.63) is 23.8 Å². The van der Waals surface area contributed by atoms with Crippen LogP contribution in [-0.4, -0.2) is 16.7 Å². The summed E-state index contributed by atoms with van der Waals surface area (Å²) in [4.78, 5) is 4.47. The van der Waals surface area contributed by atoms with Gasteiger partial charge in [0.25, 0.3) is 0 Å². The van der Waals surface area contributed by atoms with Gasteiger partial charge in [-0.05, 0) is 51.3 Å². The quantitative estimate of drug-likeness (QED) is 0.883. The Morgan fingerprint density at radius 1 is 1.39 bits per heavy atom. The minimum absolute atomic E-state index is 0.204. The number of piperidine rings is 1. The van der Waals surface area contributed by atoms with Gasteiger partial charge in [-0.3, -0.25) is 0 Å². The molecule has 0 bridgehead atoms. The number of furan rings is 1. The lowest BCUT2D eigenvalue weighted by atomic mass is 9.91. The third kappa shape index (κ3) is 1.84. The molecule has 0 spiro atoms. The number of hydrogen-bond acceptors (Lipinski definition) is 5. The summed E-state index contributed by atoms with van der Waals surface area (Å²) in [5.41, 5.74) is 0.813. The summed E-state index contributed by atoms with van der Waals surface area (Å²) >= 11 is 0. The molecule has 0 amide bonds. The standard InChI is InChI=1S/C13H17N3O2/c1-9-5-8-17-10(9)11-15-12(18-16-11)13(2)6-3-4-7-14-13/h5,8,14H,3-4,6-7H2,1-2H3. The van der Waals surface area contributed by atoms with Gasteiger partial charge in [-0.2, -0.15) is 4.98 Å². The maximum Gasteiger partial charge on any atom is 0.247 e. The number of nitrogens with zero attached hydrogens (tertiary/aromatic N) is 2. The average molecular weight is 247 g/mol. The van der Waals surface area contributed by atoms with Crippen LogP contribution in [0.1, 0.15) is 37.6 Å². The van der Waals surface area contributed by atoms with E-state index in [2.05, 4.69) is 22.4 Å². The van der Waals surface area contributed by atoms with E-state index in [0.29, 0.717) is 17.5 Å². The summed E-state index contributed by atoms with van der Waals surface area (Å²) < 4.78 is 10.8. The molecule has 2 aromatic heterocycles. The maximum atomic E-state index is 5.40. The van der Waals surface area contributed by atoms with Crippen LogP contribution in [0.15, 0.2) is 21.3 Å². The van der Waals surface area contributed by atoms with Crippen LogP contribution in [0.2, 0.25) is 0 Å². The zero-order chi connectivity index (χ0) is 12.6. The highest BCUT2D eigenvalue weighted by molar-refractivity contribution is 5.51. The molecule has 2 aromatic rings. The van der Waals surface area contributed by atoms with E-state index in [1.807, 2.05) is 13.0 Å². The van der Waals surface area contributed by atoms with Gasteiger partial charge < -0.3 is 14.3 Å². The molecule has 1 atom stereocenters. The second kappa shape index (κ2) is 4.24. The Morgan fingerprint density at radius 2 is 2.28 bits per heavy atom. The van der Waals surface area contributed by atoms with Crippen LogP contribution in [-0.2, 0) is 5.54 Å². The van der Waals surface area contributed by atoms with E-state index < -0.39 is 0 Å². The van der Waals surface area contributed by atoms with E-state index in [1.165, 1.54) is 12.8 Å². The van der Waals surface area contributed by atoms with E-state index in [9.17, 15) is 0 Å². The third-order valence-electron chi connectivity index (χ3n) is 3.58. The minimum atomic E-state index is -0.204. The summed E-state index contributed by atoms with van der Waals surface area (Å²) in [6, 6.07) is 1.89. The lowest BCUT2D eigenvalue weighted by molar-refractivity contribution is 0.207. The molecule has 1 unspecified atom stereocenters. The number of aryl methyl sites for hydroxylation is 1. The molecule has 1 N–H and O–H groups in total. The van der Waals surface area contributed by atoms with Gasteiger partial charge in [0.1, 0.15) is 0 Å². The van der Waals surface area contributed by atoms with Crippen LogP contribution in [0.25, 0.3) is 11.6 Å². The first kappa shape index (κ1) is 11.5. The molecule has 3 rings (SSSR count). The molecule has 1 aliphatic heterocycles. The molecule has 5 nitrogen and oxygen atoms in total. The van der Waals surface area contributed by atoms with Gasteiger partial charge in [0.2, 0.25) is 11.7 Å². The van der Waals surface area contributed by atoms with E-state index in [-0.39, 0.29) is 5.54 Å². The van der Waals surface area contributed by atoms with E-state index in [1.54, 1.807) is 6.26 Å². The normalized spacial score (nSPS) is 24.3. The van der Waals surface area contributed by atoms with Crippen molar-refractivity contribution in [2.24, 2.45) is 0 Å². The van der Waals surface area contributed by atoms with Crippen LogP contribution >= 0.6 is 0 Å². The number of nitrogens with one attached hydrogen (secondary N) is 1. The summed E-state index contributed by atoms with van der Waals surface area (Å²) in [7, 11) is 0. The van der Waals surface area contributed by atoms with Gasteiger partial charge in [-0.15, -0.1) is 0 Å². The molecular weight excluding hydrogens is 230 g/mol. The molecule has 0 aromatic carbocycles. The highest BCUT2D eigenvalue weighted by Gasteiger charge is 2.34. The lowest BCUT2D eigenvalue weighted by Crippen LogP contribution is -2.43. The van der Waals surface area contributed by atoms with Crippen molar-refractivity contribution in [2.45, 2.75) is 38.6 Å². The second-order valence-corrected chi connectivity index (χ2v) is 5.07. The van der Waals surface area contributed by atoms with Gasteiger partial charge in [0.05, 0.1) is 11.8 Å². The Bertz CT molecular complexity index is 538. The monoisotopic (exact) mass is 247 g/mol. The predicted octanol–water partition coefficient (Wildman–Crippen LogP) is 2.63. The predicted molar refractivity (Wildman–Crippen MR) is 65.9 cm³/mol. The minimum Gasteiger partial charge on any atom is -0.461 e. The number of rotatable bonds is 2. The molecule has 1 fully saturated rings. The van der Waals surface area contributed by atoms with Crippen molar-refractivity contribution in [1.82, 2.24) is 15.5 Å². The van der Waals surface area contributed by atoms with Crippen molar-refractivity contribution in [3.8, 4) is 11.6 Å². The molecule has 0 saturated carbocycles. The first-order valence-corrected chi connectivity index (χ1v) is 6.33. The topological polar surface area (TPSA) is 64.1 Å². The average Bonchev–Trinajstić information content (AvgIpc) is 2.98. The summed E-state index contributed by atoms with van der Waals surface area (Å²) in [5, 5.41) is 7.48. The molecule has 18 heavy (non-hydrogen) atoms. The van der Waals surface area contributed by atoms with Crippen molar-refractivity contribution in [2.75, 3.05) is 6.54 Å². The second-order valence-electron chi connectivity index (χ2n) is 5.07. The highest BCUT2D eigenvalue weighted by atomic mass is 16.5. The summed E-state index contributed by atoms with van der Waals surface area (Å²) in [6.45, 7) is 5.07. The van der Waals surface area contributed by atoms with Gasteiger partial charge in [-0.25, -0.2) is 0 Å². The Morgan fingerprint density at radius 3 is 2.94 bits per heavy atom. The van der Waals surface area contributed by atoms with Crippen LogP contribution in [0.4, 0.5) is 0 Å². The Kier molecular flexibility index (Phi) is 2.70. The highest BCUT2D eigenvalue weighted by Crippen LogP contribution is 2.30. The smallest absolute Gasteiger partial charge is 0.247 e. The molecule has 0 radical (unpaired) electrons. The molecule has 1 aliphatic rings. The van der Waals surface area contributed by atoms with Crippen LogP contribution < -0.4 is 5.32 Å². The number of hydrogen-bond donors (Lipinski definition) is 1. The van der Waals surface area contributed by atoms with Crippen LogP contribution in [0, 0.1) is 6.92 Å². The zero-order valence-corrected chi connectivity index (χ0v) is 10.7. The Labute approximate surface area is 106 Å². The first-order chi connectivity index (χ1) is 8.69. The molecule has 1 saturated heterocycles. The fraction of sp³-hybridized carbons (Fsp3) is 0.538. The maximum absolute atomic E-state index is 5.40. The SMILES string of the molecule is Cc1ccoc1-c1noc(C2(C)CCCCN2)n1. The van der Waals surface area contributed by atoms with E-state index in [4.69, 9.17) is 8.94 Å². The molecular formula is C13H17N3O2. The fourth-order valence-electron chi connectivity index (χ4n) is 2.38. The van der Waals surface area contributed by atoms with Crippen LogP contribution in [0.3, 0.4) is 0 Å². The summed E-state index contributed by atoms with van der Waals surface area (Å²) in [5.74, 6) is 1.86. The zero-order valence-electron chi connectivity index (χ0n) is 10.7. The van der Waals surface area contributed by atoms with Crippen molar-refractivity contribution in [3.63, 3.8) is 0 Å². The first-order valence-electron chi connectivity index (χ1n) is 6.33. The fourth-order valence-corrected chi connectivity index (χ4v) is 2.38. The van der Waals surface area contributed by atoms with Gasteiger partial charge in [-0.1, -0.05) is 5.16 Å². The van der Waals surface area contributed by atoms with Crippen molar-refractivity contribution < 1.29 is 8.94 Å². The summed E-state index contributed by atoms with van der Waals surface area (Å²) in [6.07, 6.45) is 5.04. The third-order valence-corrected chi connectivity index (χ3v) is 3.58. The Hall–Kier alpha value is -1.62. The largest absolute Gasteiger partial charge is 0.461 e. The number of aromatic nitrogens is 2. The molecule has 0 aliphatic carbocycles. The van der Waals surface area contributed by atoms with Crippen LogP contribution in [0.5, 0.6) is 0 Å². The van der Waals surface area contributed by atoms with Crippen molar-refractivity contribution >= 4 is 0 Å². The van der Waals surface area contributed by atoms with E-state index in [0.717, 1.165) is 18.5 Å². The molecule has 96 valence electrons. The van der Waals surface area contributed by atoms with Gasteiger partial charge in [0.15, 0.2) is 5.76 Å². The van der Waals surface area contributed by atoms with E-state index >= 15 is 0 Å². The van der Waals surface area contributed by atoms with Crippen molar-refractivity contribution in [1.29, 1.82) is 0 Å². The van der Waals surface area contributed by atoms with Gasteiger partial charge >= 0.3 is 0 Å². The molecule has 5 heteroatoms. The lowest BCUT2D eigenvalue weighted by Gasteiger charge is -2.31.